The average molecular weight is 587 g/mol. The van der Waals surface area contributed by atoms with E-state index in [1.165, 1.54) is 14.0 Å². The Labute approximate surface area is 253 Å². The Kier molecular flexibility index (Phi) is 10.2. The van der Waals surface area contributed by atoms with Crippen LogP contribution < -0.4 is 15.4 Å². The fourth-order valence-corrected chi connectivity index (χ4v) is 6.07. The molecule has 228 valence electrons. The largest absolute Gasteiger partial charge is 0.496 e. The lowest BCUT2D eigenvalue weighted by Gasteiger charge is -2.44. The molecule has 3 atom stereocenters. The summed E-state index contributed by atoms with van der Waals surface area (Å²) in [4.78, 5) is 42.5. The maximum Gasteiger partial charge on any atom is 0.255 e. The van der Waals surface area contributed by atoms with E-state index in [1.54, 1.807) is 37.2 Å². The van der Waals surface area contributed by atoms with Gasteiger partial charge in [-0.25, -0.2) is 0 Å². The van der Waals surface area contributed by atoms with E-state index in [1.807, 2.05) is 60.7 Å². The Balaban J connectivity index is 1.51. The van der Waals surface area contributed by atoms with E-state index in [0.29, 0.717) is 42.9 Å². The second-order valence-corrected chi connectivity index (χ2v) is 11.4. The van der Waals surface area contributed by atoms with Crippen molar-refractivity contribution >= 4 is 23.4 Å². The molecule has 0 aliphatic carbocycles. The zero-order valence-electron chi connectivity index (χ0n) is 25.5. The normalized spacial score (nSPS) is 17.9. The van der Waals surface area contributed by atoms with Gasteiger partial charge in [-0.2, -0.15) is 0 Å². The molecule has 1 aliphatic rings. The van der Waals surface area contributed by atoms with Crippen LogP contribution in [-0.4, -0.2) is 85.1 Å². The summed E-state index contributed by atoms with van der Waals surface area (Å²) in [6.45, 7) is 4.49. The van der Waals surface area contributed by atoms with Gasteiger partial charge in [-0.05, 0) is 43.0 Å². The molecule has 43 heavy (non-hydrogen) atoms. The summed E-state index contributed by atoms with van der Waals surface area (Å²) in [7, 11) is 5.03. The minimum absolute atomic E-state index is 0.00193. The molecule has 0 spiro atoms. The van der Waals surface area contributed by atoms with Crippen molar-refractivity contribution in [3.8, 4) is 5.75 Å². The van der Waals surface area contributed by atoms with Crippen LogP contribution in [0, 0.1) is 0 Å². The number of rotatable bonds is 10. The smallest absolute Gasteiger partial charge is 0.255 e. The Morgan fingerprint density at radius 3 is 2.14 bits per heavy atom. The molecule has 1 saturated heterocycles. The lowest BCUT2D eigenvalue weighted by atomic mass is 9.69. The summed E-state index contributed by atoms with van der Waals surface area (Å²) in [5.41, 5.74) is 1.78. The molecule has 0 radical (unpaired) electrons. The first-order valence-electron chi connectivity index (χ1n) is 14.6. The van der Waals surface area contributed by atoms with Crippen molar-refractivity contribution in [2.24, 2.45) is 0 Å². The summed E-state index contributed by atoms with van der Waals surface area (Å²) in [5.74, 6) is -0.259. The summed E-state index contributed by atoms with van der Waals surface area (Å²) in [6.07, 6.45) is 0.242. The molecule has 1 unspecified atom stereocenters. The predicted octanol–water partition coefficient (Wildman–Crippen LogP) is 3.67. The number of nitrogens with one attached hydrogen (secondary N) is 2. The number of aliphatic hydroxyl groups excluding tert-OH is 1. The van der Waals surface area contributed by atoms with Gasteiger partial charge in [0.15, 0.2) is 0 Å². The van der Waals surface area contributed by atoms with Crippen molar-refractivity contribution in [1.29, 1.82) is 0 Å². The number of aliphatic hydroxyl groups is 1. The van der Waals surface area contributed by atoms with Crippen molar-refractivity contribution in [2.45, 2.75) is 50.3 Å². The van der Waals surface area contributed by atoms with E-state index >= 15 is 0 Å². The zero-order chi connectivity index (χ0) is 31.1. The summed E-state index contributed by atoms with van der Waals surface area (Å²) in [6, 6.07) is 24.1. The van der Waals surface area contributed by atoms with Gasteiger partial charge in [0.2, 0.25) is 11.8 Å². The first-order chi connectivity index (χ1) is 20.6. The standard InChI is InChI=1S/C34H42N4O5/c1-23(21-34(33(42)37(3)4,25-12-8-6-9-13-25)26-14-10-7-11-15-26)38-19-18-29(30(40)22-38)36-32(41)28-17-16-27(35-24(2)39)20-31(28)43-5/h6-17,20,23,29-30,40H,18-19,21-22H2,1-5H3,(H,35,39)(H,36,41)/t23?,29-,30-/m1/s1. The third kappa shape index (κ3) is 7.06. The third-order valence-corrected chi connectivity index (χ3v) is 8.23. The number of likely N-dealkylation sites (N-methyl/N-ethyl adjacent to an activating group) is 1. The quantitative estimate of drug-likeness (QED) is 0.334. The Morgan fingerprint density at radius 1 is 1.02 bits per heavy atom. The van der Waals surface area contributed by atoms with E-state index < -0.39 is 17.6 Å². The number of ether oxygens (including phenoxy) is 1. The van der Waals surface area contributed by atoms with Crippen molar-refractivity contribution in [3.05, 3.63) is 95.6 Å². The SMILES string of the molecule is COc1cc(NC(C)=O)ccc1C(=O)N[C@@H]1CCN(C(C)CC(C(=O)N(C)C)(c2ccccc2)c2ccccc2)C[C@H]1O. The van der Waals surface area contributed by atoms with Gasteiger partial charge >= 0.3 is 0 Å². The highest BCUT2D eigenvalue weighted by Gasteiger charge is 2.45. The van der Waals surface area contributed by atoms with Crippen molar-refractivity contribution in [2.75, 3.05) is 39.6 Å². The van der Waals surface area contributed by atoms with Gasteiger partial charge in [0.1, 0.15) is 11.2 Å². The summed E-state index contributed by atoms with van der Waals surface area (Å²) < 4.78 is 5.39. The lowest BCUT2D eigenvalue weighted by Crippen LogP contribution is -2.57. The van der Waals surface area contributed by atoms with Gasteiger partial charge < -0.3 is 25.4 Å². The van der Waals surface area contributed by atoms with Crippen LogP contribution >= 0.6 is 0 Å². The summed E-state index contributed by atoms with van der Waals surface area (Å²) >= 11 is 0. The number of carbonyl (C=O) groups excluding carboxylic acids is 3. The second kappa shape index (κ2) is 13.8. The van der Waals surface area contributed by atoms with E-state index in [4.69, 9.17) is 4.74 Å². The maximum absolute atomic E-state index is 14.1. The fraction of sp³-hybridized carbons (Fsp3) is 0.382. The first-order valence-corrected chi connectivity index (χ1v) is 14.6. The number of nitrogens with zero attached hydrogens (tertiary/aromatic N) is 2. The highest BCUT2D eigenvalue weighted by atomic mass is 16.5. The minimum atomic E-state index is -0.915. The van der Waals surface area contributed by atoms with Crippen molar-refractivity contribution < 1.29 is 24.2 Å². The molecule has 0 saturated carbocycles. The number of methoxy groups -OCH3 is 1. The average Bonchev–Trinajstić information content (AvgIpc) is 3.00. The van der Waals surface area contributed by atoms with E-state index in [2.05, 4.69) is 22.5 Å². The zero-order valence-corrected chi connectivity index (χ0v) is 25.5. The molecule has 1 heterocycles. The lowest BCUT2D eigenvalue weighted by molar-refractivity contribution is -0.134. The van der Waals surface area contributed by atoms with Crippen LogP contribution in [-0.2, 0) is 15.0 Å². The molecule has 9 nitrogen and oxygen atoms in total. The number of carbonyl (C=O) groups is 3. The number of hydrogen-bond donors (Lipinski definition) is 3. The number of benzene rings is 3. The highest BCUT2D eigenvalue weighted by Crippen LogP contribution is 2.40. The van der Waals surface area contributed by atoms with Gasteiger partial charge in [0.25, 0.3) is 5.91 Å². The molecule has 0 bridgehead atoms. The molecule has 3 aromatic rings. The fourth-order valence-electron chi connectivity index (χ4n) is 6.07. The highest BCUT2D eigenvalue weighted by molar-refractivity contribution is 5.98. The van der Waals surface area contributed by atoms with E-state index in [9.17, 15) is 19.5 Å². The monoisotopic (exact) mass is 586 g/mol. The van der Waals surface area contributed by atoms with E-state index in [-0.39, 0.29) is 23.8 Å². The maximum atomic E-state index is 14.1. The number of anilines is 1. The van der Waals surface area contributed by atoms with Crippen LogP contribution in [0.25, 0.3) is 0 Å². The molecule has 4 rings (SSSR count). The van der Waals surface area contributed by atoms with Gasteiger partial charge in [-0.3, -0.25) is 19.3 Å². The number of piperidine rings is 1. The molecule has 1 aliphatic heterocycles. The Morgan fingerprint density at radius 2 is 1.63 bits per heavy atom. The first kappa shape index (κ1) is 31.7. The minimum Gasteiger partial charge on any atom is -0.496 e. The molecular weight excluding hydrogens is 544 g/mol. The van der Waals surface area contributed by atoms with Gasteiger partial charge in [0, 0.05) is 51.9 Å². The van der Waals surface area contributed by atoms with Gasteiger partial charge in [-0.15, -0.1) is 0 Å². The Hall–Kier alpha value is -4.21. The van der Waals surface area contributed by atoms with Crippen molar-refractivity contribution in [3.63, 3.8) is 0 Å². The third-order valence-electron chi connectivity index (χ3n) is 8.23. The summed E-state index contributed by atoms with van der Waals surface area (Å²) in [5, 5.41) is 16.8. The topological polar surface area (TPSA) is 111 Å². The number of amides is 3. The molecule has 3 amide bonds. The number of hydrogen-bond acceptors (Lipinski definition) is 6. The number of likely N-dealkylation sites (tertiary alicyclic amines) is 1. The molecular formula is C34H42N4O5. The van der Waals surface area contributed by atoms with Crippen LogP contribution in [0.4, 0.5) is 5.69 Å². The van der Waals surface area contributed by atoms with Crippen LogP contribution in [0.2, 0.25) is 0 Å². The molecule has 3 N–H and O–H groups in total. The molecule has 1 fully saturated rings. The van der Waals surface area contributed by atoms with Crippen LogP contribution in [0.1, 0.15) is 48.2 Å². The molecule has 0 aromatic heterocycles. The Bertz CT molecular complexity index is 1370. The van der Waals surface area contributed by atoms with Crippen LogP contribution in [0.3, 0.4) is 0 Å². The van der Waals surface area contributed by atoms with Gasteiger partial charge in [0.05, 0.1) is 24.8 Å². The number of β-amino-alcohol motifs (C(OH)–C–C–N with tert-alkyl or cyclic N) is 1. The molecule has 3 aromatic carbocycles. The van der Waals surface area contributed by atoms with Crippen molar-refractivity contribution in [1.82, 2.24) is 15.1 Å². The predicted molar refractivity (Wildman–Crippen MR) is 167 cm³/mol. The van der Waals surface area contributed by atoms with Crippen LogP contribution in [0.5, 0.6) is 5.75 Å². The van der Waals surface area contributed by atoms with E-state index in [0.717, 1.165) is 11.1 Å². The molecule has 9 heteroatoms. The second-order valence-electron chi connectivity index (χ2n) is 11.4. The van der Waals surface area contributed by atoms with Gasteiger partial charge in [-0.1, -0.05) is 60.7 Å². The van der Waals surface area contributed by atoms with Crippen LogP contribution in [0.15, 0.2) is 78.9 Å².